The maximum Gasteiger partial charge on any atom is 0.262 e. The molecule has 212 valence electrons. The number of benzene rings is 4. The van der Waals surface area contributed by atoms with Crippen LogP contribution in [0, 0.1) is 0 Å². The van der Waals surface area contributed by atoms with Crippen molar-refractivity contribution in [1.82, 2.24) is 0 Å². The standard InChI is InChI=1S/C35H38N2O4/c1-24(2)28-9-17-32(18-10-28)40-22-34(38)36-30-13-5-26(6-14-30)21-27-7-15-31(16-8-27)37-35(39)23-41-33-19-11-29(12-20-33)25(3)4/h5-20,24-25H,21-23H2,1-4H3,(H,36,38)(H,37,39). The Morgan fingerprint density at radius 3 is 1.20 bits per heavy atom. The lowest BCUT2D eigenvalue weighted by atomic mass is 10.0. The van der Waals surface area contributed by atoms with Gasteiger partial charge in [0.2, 0.25) is 0 Å². The van der Waals surface area contributed by atoms with Crippen molar-refractivity contribution in [2.24, 2.45) is 0 Å². The minimum atomic E-state index is -0.210. The molecular formula is C35H38N2O4. The van der Waals surface area contributed by atoms with E-state index in [9.17, 15) is 9.59 Å². The van der Waals surface area contributed by atoms with Crippen molar-refractivity contribution in [3.8, 4) is 11.5 Å². The molecule has 41 heavy (non-hydrogen) atoms. The number of amides is 2. The Kier molecular flexibility index (Phi) is 10.2. The summed E-state index contributed by atoms with van der Waals surface area (Å²) in [6.45, 7) is 8.44. The van der Waals surface area contributed by atoms with Crippen LogP contribution in [-0.2, 0) is 16.0 Å². The average Bonchev–Trinajstić information content (AvgIpc) is 2.97. The molecule has 4 rings (SSSR count). The van der Waals surface area contributed by atoms with Crippen molar-refractivity contribution in [2.75, 3.05) is 23.8 Å². The summed E-state index contributed by atoms with van der Waals surface area (Å²) in [5, 5.41) is 5.74. The number of rotatable bonds is 12. The Labute approximate surface area is 242 Å². The molecule has 2 amide bonds. The summed E-state index contributed by atoms with van der Waals surface area (Å²) in [4.78, 5) is 24.6. The molecule has 0 aliphatic rings. The van der Waals surface area contributed by atoms with Gasteiger partial charge in [-0.2, -0.15) is 0 Å². The van der Waals surface area contributed by atoms with Gasteiger partial charge in [0.25, 0.3) is 11.8 Å². The summed E-state index contributed by atoms with van der Waals surface area (Å²) >= 11 is 0. The molecular weight excluding hydrogens is 512 g/mol. The van der Waals surface area contributed by atoms with Crippen LogP contribution in [0.25, 0.3) is 0 Å². The van der Waals surface area contributed by atoms with Gasteiger partial charge < -0.3 is 20.1 Å². The van der Waals surface area contributed by atoms with Crippen LogP contribution in [0.5, 0.6) is 11.5 Å². The third-order valence-corrected chi connectivity index (χ3v) is 6.72. The molecule has 0 radical (unpaired) electrons. The fourth-order valence-corrected chi connectivity index (χ4v) is 4.24. The number of anilines is 2. The number of carbonyl (C=O) groups excluding carboxylic acids is 2. The Morgan fingerprint density at radius 2 is 0.878 bits per heavy atom. The molecule has 6 nitrogen and oxygen atoms in total. The van der Waals surface area contributed by atoms with E-state index in [1.807, 2.05) is 97.1 Å². The first kappa shape index (κ1) is 29.4. The molecule has 2 N–H and O–H groups in total. The lowest BCUT2D eigenvalue weighted by Gasteiger charge is -2.10. The summed E-state index contributed by atoms with van der Waals surface area (Å²) in [5.74, 6) is 1.83. The van der Waals surface area contributed by atoms with E-state index in [1.54, 1.807) is 0 Å². The fourth-order valence-electron chi connectivity index (χ4n) is 4.24. The highest BCUT2D eigenvalue weighted by Crippen LogP contribution is 2.20. The van der Waals surface area contributed by atoms with E-state index in [1.165, 1.54) is 11.1 Å². The molecule has 4 aromatic carbocycles. The minimum Gasteiger partial charge on any atom is -0.484 e. The van der Waals surface area contributed by atoms with Gasteiger partial charge in [-0.05, 0) is 89.0 Å². The highest BCUT2D eigenvalue weighted by Gasteiger charge is 2.07. The topological polar surface area (TPSA) is 76.7 Å². The van der Waals surface area contributed by atoms with E-state index in [0.717, 1.165) is 17.5 Å². The van der Waals surface area contributed by atoms with Gasteiger partial charge in [0.05, 0.1) is 0 Å². The van der Waals surface area contributed by atoms with Crippen LogP contribution >= 0.6 is 0 Å². The van der Waals surface area contributed by atoms with Crippen LogP contribution in [0.15, 0.2) is 97.1 Å². The van der Waals surface area contributed by atoms with E-state index in [0.29, 0.717) is 34.7 Å². The number of carbonyl (C=O) groups is 2. The van der Waals surface area contributed by atoms with Gasteiger partial charge in [0.15, 0.2) is 13.2 Å². The summed E-state index contributed by atoms with van der Waals surface area (Å²) in [6, 6.07) is 31.1. The predicted molar refractivity (Wildman–Crippen MR) is 165 cm³/mol. The lowest BCUT2D eigenvalue weighted by Crippen LogP contribution is -2.20. The Morgan fingerprint density at radius 1 is 0.537 bits per heavy atom. The third-order valence-electron chi connectivity index (χ3n) is 6.72. The van der Waals surface area contributed by atoms with E-state index in [-0.39, 0.29) is 25.0 Å². The van der Waals surface area contributed by atoms with Crippen molar-refractivity contribution < 1.29 is 19.1 Å². The number of hydrogen-bond donors (Lipinski definition) is 2. The van der Waals surface area contributed by atoms with Gasteiger partial charge in [0, 0.05) is 11.4 Å². The van der Waals surface area contributed by atoms with Crippen LogP contribution in [0.3, 0.4) is 0 Å². The molecule has 0 saturated heterocycles. The minimum absolute atomic E-state index is 0.0524. The maximum absolute atomic E-state index is 12.3. The largest absolute Gasteiger partial charge is 0.484 e. The van der Waals surface area contributed by atoms with Crippen molar-refractivity contribution in [3.05, 3.63) is 119 Å². The smallest absolute Gasteiger partial charge is 0.262 e. The van der Waals surface area contributed by atoms with Crippen LogP contribution < -0.4 is 20.1 Å². The molecule has 4 aromatic rings. The number of hydrogen-bond acceptors (Lipinski definition) is 4. The highest BCUT2D eigenvalue weighted by molar-refractivity contribution is 5.92. The molecule has 0 atom stereocenters. The van der Waals surface area contributed by atoms with Crippen LogP contribution in [-0.4, -0.2) is 25.0 Å². The molecule has 0 bridgehead atoms. The molecule has 0 heterocycles. The molecule has 0 aliphatic carbocycles. The van der Waals surface area contributed by atoms with Crippen molar-refractivity contribution in [3.63, 3.8) is 0 Å². The van der Waals surface area contributed by atoms with E-state index in [4.69, 9.17) is 9.47 Å². The zero-order valence-corrected chi connectivity index (χ0v) is 24.1. The molecule has 0 aliphatic heterocycles. The van der Waals surface area contributed by atoms with Gasteiger partial charge in [0.1, 0.15) is 11.5 Å². The fraction of sp³-hybridized carbons (Fsp3) is 0.257. The maximum atomic E-state index is 12.3. The van der Waals surface area contributed by atoms with Crippen molar-refractivity contribution in [2.45, 2.75) is 46.0 Å². The summed E-state index contributed by atoms with van der Waals surface area (Å²) in [7, 11) is 0. The first-order valence-corrected chi connectivity index (χ1v) is 14.0. The Bertz CT molecular complexity index is 1300. The quantitative estimate of drug-likeness (QED) is 0.191. The van der Waals surface area contributed by atoms with Crippen molar-refractivity contribution in [1.29, 1.82) is 0 Å². The summed E-state index contributed by atoms with van der Waals surface area (Å²) in [5.41, 5.74) is 6.11. The first-order valence-electron chi connectivity index (χ1n) is 14.0. The van der Waals surface area contributed by atoms with E-state index >= 15 is 0 Å². The monoisotopic (exact) mass is 550 g/mol. The van der Waals surface area contributed by atoms with Crippen LogP contribution in [0.1, 0.15) is 61.8 Å². The summed E-state index contributed by atoms with van der Waals surface area (Å²) in [6.07, 6.45) is 0.730. The second-order valence-electron chi connectivity index (χ2n) is 10.7. The van der Waals surface area contributed by atoms with Crippen LogP contribution in [0.4, 0.5) is 11.4 Å². The predicted octanol–water partition coefficient (Wildman–Crippen LogP) is 7.56. The van der Waals surface area contributed by atoms with Gasteiger partial charge in [-0.3, -0.25) is 9.59 Å². The second kappa shape index (κ2) is 14.2. The van der Waals surface area contributed by atoms with Crippen molar-refractivity contribution >= 4 is 23.2 Å². The molecule has 0 aromatic heterocycles. The molecule has 0 unspecified atom stereocenters. The highest BCUT2D eigenvalue weighted by atomic mass is 16.5. The van der Waals surface area contributed by atoms with Crippen LogP contribution in [0.2, 0.25) is 0 Å². The normalized spacial score (nSPS) is 10.9. The van der Waals surface area contributed by atoms with Gasteiger partial charge in [-0.1, -0.05) is 76.2 Å². The Hall–Kier alpha value is -4.58. The van der Waals surface area contributed by atoms with Gasteiger partial charge in [-0.15, -0.1) is 0 Å². The zero-order chi connectivity index (χ0) is 29.2. The second-order valence-corrected chi connectivity index (χ2v) is 10.7. The Balaban J connectivity index is 1.19. The van der Waals surface area contributed by atoms with E-state index < -0.39 is 0 Å². The molecule has 6 heteroatoms. The first-order chi connectivity index (χ1) is 19.7. The molecule has 0 fully saturated rings. The third kappa shape index (κ3) is 9.24. The van der Waals surface area contributed by atoms with E-state index in [2.05, 4.69) is 38.3 Å². The number of ether oxygens (including phenoxy) is 2. The van der Waals surface area contributed by atoms with Gasteiger partial charge in [-0.25, -0.2) is 0 Å². The van der Waals surface area contributed by atoms with Gasteiger partial charge >= 0.3 is 0 Å². The molecule has 0 spiro atoms. The SMILES string of the molecule is CC(C)c1ccc(OCC(=O)Nc2ccc(Cc3ccc(NC(=O)COc4ccc(C(C)C)cc4)cc3)cc2)cc1. The number of nitrogens with one attached hydrogen (secondary N) is 2. The average molecular weight is 551 g/mol. The lowest BCUT2D eigenvalue weighted by molar-refractivity contribution is -0.118. The molecule has 0 saturated carbocycles. The zero-order valence-electron chi connectivity index (χ0n) is 24.1. The summed E-state index contributed by atoms with van der Waals surface area (Å²) < 4.78 is 11.2.